The predicted octanol–water partition coefficient (Wildman–Crippen LogP) is 4.40. The Morgan fingerprint density at radius 3 is 2.72 bits per heavy atom. The van der Waals surface area contributed by atoms with Crippen LogP contribution in [0.15, 0.2) is 6.07 Å². The minimum Gasteiger partial charge on any atom is -0.481 e. The molecule has 6 nitrogen and oxygen atoms in total. The Kier molecular flexibility index (Phi) is 7.73. The fourth-order valence-corrected chi connectivity index (χ4v) is 3.77. The third kappa shape index (κ3) is 6.48. The van der Waals surface area contributed by atoms with Crippen molar-refractivity contribution in [2.24, 2.45) is 5.41 Å². The maximum Gasteiger partial charge on any atom is 0.419 e. The molecule has 1 fully saturated rings. The number of alkyl halides is 3. The minimum absolute atomic E-state index is 0.0350. The number of anilines is 1. The Bertz CT molecular complexity index is 712. The average molecular weight is 417 g/mol. The van der Waals surface area contributed by atoms with Gasteiger partial charge in [0.2, 0.25) is 5.88 Å². The van der Waals surface area contributed by atoms with E-state index in [0.717, 1.165) is 25.3 Å². The van der Waals surface area contributed by atoms with Crippen LogP contribution in [0.4, 0.5) is 19.0 Å². The molecule has 2 heterocycles. The fourth-order valence-electron chi connectivity index (χ4n) is 3.77. The van der Waals surface area contributed by atoms with Crippen LogP contribution in [-0.4, -0.2) is 47.7 Å². The first-order valence-corrected chi connectivity index (χ1v) is 9.91. The van der Waals surface area contributed by atoms with Gasteiger partial charge in [-0.25, -0.2) is 0 Å². The summed E-state index contributed by atoms with van der Waals surface area (Å²) in [6.07, 6.45) is -1.17. The van der Waals surface area contributed by atoms with Crippen molar-refractivity contribution in [3.63, 3.8) is 0 Å². The second kappa shape index (κ2) is 9.65. The van der Waals surface area contributed by atoms with Crippen molar-refractivity contribution in [2.45, 2.75) is 58.7 Å². The third-order valence-electron chi connectivity index (χ3n) is 5.24. The van der Waals surface area contributed by atoms with E-state index in [-0.39, 0.29) is 30.1 Å². The lowest BCUT2D eigenvalue weighted by Gasteiger charge is -2.24. The molecule has 0 radical (unpaired) electrons. The molecule has 0 aromatic carbocycles. The van der Waals surface area contributed by atoms with E-state index in [9.17, 15) is 18.0 Å². The highest BCUT2D eigenvalue weighted by atomic mass is 19.4. The first-order valence-electron chi connectivity index (χ1n) is 9.91. The zero-order valence-corrected chi connectivity index (χ0v) is 17.2. The number of aliphatic carboxylic acids is 1. The van der Waals surface area contributed by atoms with Gasteiger partial charge in [0, 0.05) is 25.2 Å². The van der Waals surface area contributed by atoms with Crippen LogP contribution >= 0.6 is 0 Å². The maximum absolute atomic E-state index is 13.6. The molecular weight excluding hydrogens is 387 g/mol. The van der Waals surface area contributed by atoms with Crippen molar-refractivity contribution in [2.75, 3.05) is 32.1 Å². The van der Waals surface area contributed by atoms with Gasteiger partial charge in [-0.1, -0.05) is 26.7 Å². The van der Waals surface area contributed by atoms with Crippen LogP contribution in [0.3, 0.4) is 0 Å². The lowest BCUT2D eigenvalue weighted by molar-refractivity contribution is -0.139. The zero-order valence-electron chi connectivity index (χ0n) is 17.2. The largest absolute Gasteiger partial charge is 0.481 e. The van der Waals surface area contributed by atoms with Crippen LogP contribution in [0, 0.1) is 5.41 Å². The number of ether oxygens (including phenoxy) is 1. The van der Waals surface area contributed by atoms with Crippen LogP contribution in [0.5, 0.6) is 5.88 Å². The molecule has 2 N–H and O–H groups in total. The molecule has 29 heavy (non-hydrogen) atoms. The monoisotopic (exact) mass is 417 g/mol. The van der Waals surface area contributed by atoms with E-state index in [0.29, 0.717) is 31.6 Å². The molecule has 0 bridgehead atoms. The SMILES string of the molecule is CCCCCNc1nc(OC)c(CN2CC[C@@](C)(CC(=O)O)C2)cc1C(F)(F)F. The number of hydrogen-bond donors (Lipinski definition) is 2. The predicted molar refractivity (Wildman–Crippen MR) is 104 cm³/mol. The van der Waals surface area contributed by atoms with Crippen LogP contribution in [0.2, 0.25) is 0 Å². The summed E-state index contributed by atoms with van der Waals surface area (Å²) in [5.41, 5.74) is -0.851. The first-order chi connectivity index (χ1) is 13.6. The molecule has 0 spiro atoms. The fraction of sp³-hybridized carbons (Fsp3) is 0.700. The van der Waals surface area contributed by atoms with E-state index in [2.05, 4.69) is 10.3 Å². The van der Waals surface area contributed by atoms with Crippen molar-refractivity contribution in [1.29, 1.82) is 0 Å². The van der Waals surface area contributed by atoms with Crippen LogP contribution in [-0.2, 0) is 17.5 Å². The number of carboxylic acids is 1. The molecule has 2 rings (SSSR count). The number of hydrogen-bond acceptors (Lipinski definition) is 5. The quantitative estimate of drug-likeness (QED) is 0.550. The van der Waals surface area contributed by atoms with Crippen molar-refractivity contribution >= 4 is 11.8 Å². The van der Waals surface area contributed by atoms with Gasteiger partial charge in [-0.05, 0) is 30.9 Å². The number of nitrogens with one attached hydrogen (secondary N) is 1. The lowest BCUT2D eigenvalue weighted by Crippen LogP contribution is -2.27. The van der Waals surface area contributed by atoms with Crippen molar-refractivity contribution < 1.29 is 27.8 Å². The summed E-state index contributed by atoms with van der Waals surface area (Å²) in [7, 11) is 1.39. The van der Waals surface area contributed by atoms with E-state index < -0.39 is 17.7 Å². The second-order valence-corrected chi connectivity index (χ2v) is 8.03. The molecule has 1 atom stereocenters. The topological polar surface area (TPSA) is 74.7 Å². The molecule has 164 valence electrons. The number of likely N-dealkylation sites (tertiary alicyclic amines) is 1. The Labute approximate surface area is 169 Å². The highest BCUT2D eigenvalue weighted by molar-refractivity contribution is 5.67. The minimum atomic E-state index is -4.54. The second-order valence-electron chi connectivity index (χ2n) is 8.03. The molecule has 1 aliphatic rings. The van der Waals surface area contributed by atoms with Gasteiger partial charge >= 0.3 is 12.1 Å². The first kappa shape index (κ1) is 23.3. The van der Waals surface area contributed by atoms with Gasteiger partial charge in [0.15, 0.2) is 0 Å². The standard InChI is InChI=1S/C20H30F3N3O3/c1-4-5-6-8-24-17-15(20(21,22)23)10-14(18(25-17)29-3)12-26-9-7-19(2,13-26)11-16(27)28/h10H,4-9,11-13H2,1-3H3,(H,24,25)(H,27,28)/t19-/m0/s1. The number of aromatic nitrogens is 1. The van der Waals surface area contributed by atoms with Crippen molar-refractivity contribution in [3.8, 4) is 5.88 Å². The summed E-state index contributed by atoms with van der Waals surface area (Å²) >= 11 is 0. The molecular formula is C20H30F3N3O3. The Balaban J connectivity index is 2.22. The van der Waals surface area contributed by atoms with Crippen molar-refractivity contribution in [1.82, 2.24) is 9.88 Å². The molecule has 9 heteroatoms. The van der Waals surface area contributed by atoms with E-state index in [1.807, 2.05) is 18.7 Å². The molecule has 1 saturated heterocycles. The van der Waals surface area contributed by atoms with Gasteiger partial charge < -0.3 is 15.2 Å². The number of methoxy groups -OCH3 is 1. The van der Waals surface area contributed by atoms with E-state index in [4.69, 9.17) is 9.84 Å². The summed E-state index contributed by atoms with van der Waals surface area (Å²) in [5, 5.41) is 11.9. The Hall–Kier alpha value is -2.03. The molecule has 0 unspecified atom stereocenters. The highest BCUT2D eigenvalue weighted by Crippen LogP contribution is 2.39. The van der Waals surface area contributed by atoms with Crippen LogP contribution < -0.4 is 10.1 Å². The maximum atomic E-state index is 13.6. The summed E-state index contributed by atoms with van der Waals surface area (Å²) in [4.78, 5) is 17.1. The third-order valence-corrected chi connectivity index (χ3v) is 5.24. The summed E-state index contributed by atoms with van der Waals surface area (Å²) < 4.78 is 46.1. The van der Waals surface area contributed by atoms with Gasteiger partial charge in [0.25, 0.3) is 0 Å². The summed E-state index contributed by atoms with van der Waals surface area (Å²) in [6.45, 7) is 5.67. The van der Waals surface area contributed by atoms with E-state index in [1.165, 1.54) is 7.11 Å². The highest BCUT2D eigenvalue weighted by Gasteiger charge is 2.38. The number of pyridine rings is 1. The number of carbonyl (C=O) groups is 1. The zero-order chi connectivity index (χ0) is 21.7. The van der Waals surface area contributed by atoms with Gasteiger partial charge in [-0.3, -0.25) is 9.69 Å². The van der Waals surface area contributed by atoms with Crippen LogP contribution in [0.1, 0.15) is 57.1 Å². The Morgan fingerprint density at radius 1 is 1.41 bits per heavy atom. The number of nitrogens with zero attached hydrogens (tertiary/aromatic N) is 2. The van der Waals surface area contributed by atoms with Crippen LogP contribution in [0.25, 0.3) is 0 Å². The molecule has 1 aromatic rings. The number of halogens is 3. The summed E-state index contributed by atoms with van der Waals surface area (Å²) in [6, 6.07) is 1.10. The number of unbranched alkanes of at least 4 members (excludes halogenated alkanes) is 2. The number of carboxylic acid groups (broad SMARTS) is 1. The van der Waals surface area contributed by atoms with Gasteiger partial charge in [0.05, 0.1) is 19.1 Å². The summed E-state index contributed by atoms with van der Waals surface area (Å²) in [5.74, 6) is -0.930. The molecule has 1 aliphatic heterocycles. The average Bonchev–Trinajstić information content (AvgIpc) is 2.97. The normalized spacial score (nSPS) is 20.1. The molecule has 0 amide bonds. The van der Waals surface area contributed by atoms with Crippen molar-refractivity contribution in [3.05, 3.63) is 17.2 Å². The number of rotatable bonds is 10. The lowest BCUT2D eigenvalue weighted by atomic mass is 9.86. The van der Waals surface area contributed by atoms with Gasteiger partial charge in [-0.2, -0.15) is 18.2 Å². The molecule has 0 saturated carbocycles. The smallest absolute Gasteiger partial charge is 0.419 e. The molecule has 0 aliphatic carbocycles. The van der Waals surface area contributed by atoms with Gasteiger partial charge in [0.1, 0.15) is 5.82 Å². The molecule has 1 aromatic heterocycles. The Morgan fingerprint density at radius 2 is 2.14 bits per heavy atom. The van der Waals surface area contributed by atoms with Gasteiger partial charge in [-0.15, -0.1) is 0 Å². The van der Waals surface area contributed by atoms with E-state index in [1.54, 1.807) is 0 Å². The van der Waals surface area contributed by atoms with E-state index >= 15 is 0 Å².